The van der Waals surface area contributed by atoms with Crippen LogP contribution in [0.2, 0.25) is 0 Å². The van der Waals surface area contributed by atoms with Crippen LogP contribution in [0.3, 0.4) is 0 Å². The minimum atomic E-state index is -0.671. The molecule has 1 unspecified atom stereocenters. The fourth-order valence-electron chi connectivity index (χ4n) is 3.65. The SMILES string of the molecule is Cc1nn(C)c(C)c1/C(O)=C1\C(=O)C(=O)N(C)C1c1ccc(C(C)C)cc1. The Morgan fingerprint density at radius 3 is 2.19 bits per heavy atom. The van der Waals surface area contributed by atoms with Gasteiger partial charge in [-0.1, -0.05) is 38.1 Å². The first-order valence-electron chi connectivity index (χ1n) is 9.00. The molecular formula is C21H25N3O3. The molecule has 0 saturated carbocycles. The van der Waals surface area contributed by atoms with E-state index in [4.69, 9.17) is 0 Å². The van der Waals surface area contributed by atoms with Gasteiger partial charge >= 0.3 is 0 Å². The van der Waals surface area contributed by atoms with Gasteiger partial charge in [0.1, 0.15) is 5.76 Å². The van der Waals surface area contributed by atoms with E-state index in [1.165, 1.54) is 10.5 Å². The molecule has 142 valence electrons. The molecule has 1 fully saturated rings. The Morgan fingerprint density at radius 1 is 1.11 bits per heavy atom. The molecule has 1 aromatic carbocycles. The smallest absolute Gasteiger partial charge is 0.295 e. The van der Waals surface area contributed by atoms with Gasteiger partial charge in [0.25, 0.3) is 11.7 Å². The van der Waals surface area contributed by atoms with Crippen LogP contribution < -0.4 is 0 Å². The van der Waals surface area contributed by atoms with Gasteiger partial charge in [0.2, 0.25) is 0 Å². The summed E-state index contributed by atoms with van der Waals surface area (Å²) in [7, 11) is 3.37. The second-order valence-electron chi connectivity index (χ2n) is 7.40. The van der Waals surface area contributed by atoms with Gasteiger partial charge in [-0.15, -0.1) is 0 Å². The molecule has 1 saturated heterocycles. The first kappa shape index (κ1) is 18.9. The number of hydrogen-bond donors (Lipinski definition) is 1. The molecule has 1 aromatic heterocycles. The maximum atomic E-state index is 12.7. The number of Topliss-reactive ketones (excluding diaryl/α,β-unsaturated/α-hetero) is 1. The number of ketones is 1. The van der Waals surface area contributed by atoms with Crippen LogP contribution >= 0.6 is 0 Å². The Hall–Kier alpha value is -2.89. The fraction of sp³-hybridized carbons (Fsp3) is 0.381. The number of likely N-dealkylation sites (N-methyl/N-ethyl adjacent to an activating group) is 1. The predicted octanol–water partition coefficient (Wildman–Crippen LogP) is 3.21. The second-order valence-corrected chi connectivity index (χ2v) is 7.40. The van der Waals surface area contributed by atoms with Crippen LogP contribution in [-0.4, -0.2) is 38.5 Å². The summed E-state index contributed by atoms with van der Waals surface area (Å²) in [6.07, 6.45) is 0. The monoisotopic (exact) mass is 367 g/mol. The molecule has 0 bridgehead atoms. The Bertz CT molecular complexity index is 952. The summed E-state index contributed by atoms with van der Waals surface area (Å²) in [6, 6.07) is 7.20. The zero-order valence-electron chi connectivity index (χ0n) is 16.6. The van der Waals surface area contributed by atoms with Crippen molar-refractivity contribution >= 4 is 17.4 Å². The molecule has 1 atom stereocenters. The highest BCUT2D eigenvalue weighted by Crippen LogP contribution is 2.39. The first-order valence-corrected chi connectivity index (χ1v) is 9.00. The summed E-state index contributed by atoms with van der Waals surface area (Å²) in [5.74, 6) is -1.07. The quantitative estimate of drug-likeness (QED) is 0.513. The third kappa shape index (κ3) is 2.95. The van der Waals surface area contributed by atoms with Gasteiger partial charge < -0.3 is 10.0 Å². The Balaban J connectivity index is 2.19. The molecule has 0 aliphatic carbocycles. The van der Waals surface area contributed by atoms with Gasteiger partial charge in [-0.3, -0.25) is 14.3 Å². The van der Waals surface area contributed by atoms with Gasteiger partial charge in [0, 0.05) is 19.8 Å². The topological polar surface area (TPSA) is 75.4 Å². The molecule has 1 aliphatic rings. The van der Waals surface area contributed by atoms with Crippen LogP contribution in [0.15, 0.2) is 29.8 Å². The molecule has 27 heavy (non-hydrogen) atoms. The summed E-state index contributed by atoms with van der Waals surface area (Å²) < 4.78 is 1.65. The lowest BCUT2D eigenvalue weighted by Crippen LogP contribution is -2.24. The Morgan fingerprint density at radius 2 is 1.70 bits per heavy atom. The lowest BCUT2D eigenvalue weighted by atomic mass is 9.93. The third-order valence-corrected chi connectivity index (χ3v) is 5.34. The van der Waals surface area contributed by atoms with Gasteiger partial charge in [-0.2, -0.15) is 5.10 Å². The molecule has 6 nitrogen and oxygen atoms in total. The summed E-state index contributed by atoms with van der Waals surface area (Å²) in [5, 5.41) is 15.3. The molecule has 0 radical (unpaired) electrons. The number of aryl methyl sites for hydroxylation is 2. The van der Waals surface area contributed by atoms with Crippen molar-refractivity contribution in [2.24, 2.45) is 7.05 Å². The van der Waals surface area contributed by atoms with Crippen LogP contribution in [0, 0.1) is 13.8 Å². The number of benzene rings is 1. The number of aliphatic hydroxyl groups excluding tert-OH is 1. The number of rotatable bonds is 3. The van der Waals surface area contributed by atoms with E-state index in [0.717, 1.165) is 11.3 Å². The molecule has 2 aromatic rings. The number of carbonyl (C=O) groups excluding carboxylic acids is 2. The van der Waals surface area contributed by atoms with E-state index in [2.05, 4.69) is 18.9 Å². The lowest BCUT2D eigenvalue weighted by molar-refractivity contribution is -0.139. The minimum absolute atomic E-state index is 0.110. The van der Waals surface area contributed by atoms with Crippen molar-refractivity contribution in [1.29, 1.82) is 0 Å². The van der Waals surface area contributed by atoms with Crippen molar-refractivity contribution in [3.63, 3.8) is 0 Å². The van der Waals surface area contributed by atoms with Crippen molar-refractivity contribution in [3.05, 3.63) is 57.9 Å². The van der Waals surface area contributed by atoms with Crippen LogP contribution in [0.4, 0.5) is 0 Å². The standard InChI is InChI=1S/C21H25N3O3/c1-11(2)14-7-9-15(10-8-14)18-17(20(26)21(27)23(18)5)19(25)16-12(3)22-24(6)13(16)4/h7-11,18,25H,1-6H3/b19-17+. The van der Waals surface area contributed by atoms with Crippen molar-refractivity contribution < 1.29 is 14.7 Å². The maximum absolute atomic E-state index is 12.7. The molecule has 1 N–H and O–H groups in total. The van der Waals surface area contributed by atoms with Crippen LogP contribution in [-0.2, 0) is 16.6 Å². The average molecular weight is 367 g/mol. The minimum Gasteiger partial charge on any atom is -0.507 e. The van der Waals surface area contributed by atoms with Gasteiger partial charge in [-0.25, -0.2) is 0 Å². The molecule has 1 aliphatic heterocycles. The zero-order valence-corrected chi connectivity index (χ0v) is 16.6. The van der Waals surface area contributed by atoms with Crippen LogP contribution in [0.25, 0.3) is 5.76 Å². The number of nitrogens with zero attached hydrogens (tertiary/aromatic N) is 3. The molecule has 1 amide bonds. The van der Waals surface area contributed by atoms with Gasteiger partial charge in [0.15, 0.2) is 0 Å². The van der Waals surface area contributed by atoms with Crippen molar-refractivity contribution in [3.8, 4) is 0 Å². The fourth-order valence-corrected chi connectivity index (χ4v) is 3.65. The maximum Gasteiger partial charge on any atom is 0.295 e. The van der Waals surface area contributed by atoms with Gasteiger partial charge in [-0.05, 0) is 30.9 Å². The lowest BCUT2D eigenvalue weighted by Gasteiger charge is -2.21. The number of aliphatic hydroxyl groups is 1. The van der Waals surface area contributed by atoms with E-state index in [9.17, 15) is 14.7 Å². The Labute approximate surface area is 159 Å². The van der Waals surface area contributed by atoms with Crippen LogP contribution in [0.1, 0.15) is 53.9 Å². The van der Waals surface area contributed by atoms with E-state index in [1.54, 1.807) is 25.7 Å². The number of carbonyl (C=O) groups is 2. The van der Waals surface area contributed by atoms with Crippen molar-refractivity contribution in [1.82, 2.24) is 14.7 Å². The molecule has 0 spiro atoms. The summed E-state index contributed by atoms with van der Waals surface area (Å²) in [6.45, 7) is 7.81. The largest absolute Gasteiger partial charge is 0.507 e. The van der Waals surface area contributed by atoms with E-state index >= 15 is 0 Å². The van der Waals surface area contributed by atoms with E-state index in [1.807, 2.05) is 31.2 Å². The first-order chi connectivity index (χ1) is 12.6. The predicted molar refractivity (Wildman–Crippen MR) is 103 cm³/mol. The average Bonchev–Trinajstić information content (AvgIpc) is 3.01. The van der Waals surface area contributed by atoms with Gasteiger partial charge in [0.05, 0.1) is 22.9 Å². The molecule has 3 rings (SSSR count). The number of hydrogen-bond acceptors (Lipinski definition) is 4. The number of aromatic nitrogens is 2. The number of likely N-dealkylation sites (tertiary alicyclic amines) is 1. The highest BCUT2D eigenvalue weighted by Gasteiger charge is 2.44. The van der Waals surface area contributed by atoms with E-state index in [0.29, 0.717) is 17.2 Å². The molecule has 6 heteroatoms. The normalized spacial score (nSPS) is 19.4. The second kappa shape index (κ2) is 6.68. The van der Waals surface area contributed by atoms with Crippen LogP contribution in [0.5, 0.6) is 0 Å². The third-order valence-electron chi connectivity index (χ3n) is 5.34. The highest BCUT2D eigenvalue weighted by atomic mass is 16.3. The Kier molecular flexibility index (Phi) is 4.68. The van der Waals surface area contributed by atoms with E-state index < -0.39 is 17.7 Å². The van der Waals surface area contributed by atoms with E-state index in [-0.39, 0.29) is 11.3 Å². The van der Waals surface area contributed by atoms with Crippen molar-refractivity contribution in [2.75, 3.05) is 7.05 Å². The summed E-state index contributed by atoms with van der Waals surface area (Å²) >= 11 is 0. The van der Waals surface area contributed by atoms with Crippen molar-refractivity contribution in [2.45, 2.75) is 39.7 Å². The molecular weight excluding hydrogens is 342 g/mol. The summed E-state index contributed by atoms with van der Waals surface area (Å²) in [4.78, 5) is 26.5. The molecule has 2 heterocycles. The number of amides is 1. The summed E-state index contributed by atoms with van der Waals surface area (Å²) in [5.41, 5.74) is 3.93. The zero-order chi connectivity index (χ0) is 20.0. The highest BCUT2D eigenvalue weighted by molar-refractivity contribution is 6.46.